The highest BCUT2D eigenvalue weighted by Gasteiger charge is 2.39. The Kier molecular flexibility index (Phi) is 6.77. The number of hydrogen-bond donors (Lipinski definition) is 2. The van der Waals surface area contributed by atoms with E-state index >= 15 is 0 Å². The van der Waals surface area contributed by atoms with E-state index in [0.29, 0.717) is 37.7 Å². The van der Waals surface area contributed by atoms with Crippen LogP contribution in [0, 0.1) is 5.41 Å². The fraction of sp³-hybridized carbons (Fsp3) is 0.375. The van der Waals surface area contributed by atoms with Crippen LogP contribution in [0.5, 0.6) is 0 Å². The number of nitrogens with two attached hydrogens (primary N) is 1. The zero-order valence-electron chi connectivity index (χ0n) is 13.0. The largest absolute Gasteiger partial charge is 0.381 e. The Labute approximate surface area is 159 Å². The van der Waals surface area contributed by atoms with E-state index in [1.54, 1.807) is 0 Å². The van der Waals surface area contributed by atoms with E-state index in [1.807, 2.05) is 29.6 Å². The van der Waals surface area contributed by atoms with Crippen molar-refractivity contribution >= 4 is 50.7 Å². The van der Waals surface area contributed by atoms with Gasteiger partial charge < -0.3 is 15.8 Å². The molecule has 1 fully saturated rings. The van der Waals surface area contributed by atoms with Crippen LogP contribution in [0.2, 0.25) is 0 Å². The highest BCUT2D eigenvalue weighted by Crippen LogP contribution is 2.32. The number of hydrogen-bond acceptors (Lipinski definition) is 5. The Bertz CT molecular complexity index is 687. The number of nitrogens with zero attached hydrogens (tertiary/aromatic N) is 1. The van der Waals surface area contributed by atoms with Crippen LogP contribution in [0.3, 0.4) is 0 Å². The summed E-state index contributed by atoms with van der Waals surface area (Å²) < 4.78 is 6.37. The van der Waals surface area contributed by atoms with Crippen molar-refractivity contribution < 1.29 is 9.53 Å². The minimum absolute atomic E-state index is 0. The molecule has 0 radical (unpaired) electrons. The first-order valence-electron chi connectivity index (χ1n) is 7.44. The summed E-state index contributed by atoms with van der Waals surface area (Å²) in [4.78, 5) is 17.1. The first-order chi connectivity index (χ1) is 11.1. The number of rotatable bonds is 4. The van der Waals surface area contributed by atoms with Crippen LogP contribution in [0.25, 0.3) is 11.3 Å². The standard InChI is InChI=1S/C16H18BrN3O2S.ClH/c17-12-3-1-11(2-4-12)13-9-23-15(19-13)20-14(21)16(10-18)5-7-22-8-6-16;/h1-4,9H,5-8,10,18H2,(H,19,20,21);1H. The fourth-order valence-electron chi connectivity index (χ4n) is 2.60. The first-order valence-corrected chi connectivity index (χ1v) is 9.11. The Balaban J connectivity index is 0.00000208. The maximum absolute atomic E-state index is 12.6. The number of amides is 1. The minimum atomic E-state index is -0.540. The molecule has 3 N–H and O–H groups in total. The molecule has 2 heterocycles. The van der Waals surface area contributed by atoms with E-state index in [9.17, 15) is 4.79 Å². The lowest BCUT2D eigenvalue weighted by atomic mass is 9.79. The number of ether oxygens (including phenoxy) is 1. The molecule has 2 aromatic rings. The van der Waals surface area contributed by atoms with Crippen LogP contribution in [0.15, 0.2) is 34.1 Å². The van der Waals surface area contributed by atoms with E-state index in [2.05, 4.69) is 26.2 Å². The second kappa shape index (κ2) is 8.40. The molecule has 1 aliphatic rings. The van der Waals surface area contributed by atoms with Gasteiger partial charge in [-0.25, -0.2) is 4.98 Å². The van der Waals surface area contributed by atoms with Gasteiger partial charge in [0.2, 0.25) is 5.91 Å². The maximum Gasteiger partial charge on any atom is 0.233 e. The van der Waals surface area contributed by atoms with Crippen molar-refractivity contribution in [1.29, 1.82) is 0 Å². The lowest BCUT2D eigenvalue weighted by Gasteiger charge is -2.34. The summed E-state index contributed by atoms with van der Waals surface area (Å²) >= 11 is 4.84. The average Bonchev–Trinajstić information content (AvgIpc) is 3.04. The second-order valence-corrected chi connectivity index (χ2v) is 7.37. The Morgan fingerprint density at radius 2 is 2.00 bits per heavy atom. The number of nitrogens with one attached hydrogen (secondary N) is 1. The maximum atomic E-state index is 12.6. The zero-order valence-corrected chi connectivity index (χ0v) is 16.2. The predicted octanol–water partition coefficient (Wildman–Crippen LogP) is 3.69. The third-order valence-corrected chi connectivity index (χ3v) is 5.47. The van der Waals surface area contributed by atoms with Crippen LogP contribution < -0.4 is 11.1 Å². The van der Waals surface area contributed by atoms with E-state index < -0.39 is 5.41 Å². The van der Waals surface area contributed by atoms with Gasteiger partial charge in [0, 0.05) is 35.2 Å². The molecule has 0 aliphatic carbocycles. The van der Waals surface area contributed by atoms with Crippen molar-refractivity contribution in [2.75, 3.05) is 25.1 Å². The molecule has 1 aliphatic heterocycles. The summed E-state index contributed by atoms with van der Waals surface area (Å²) in [7, 11) is 0. The SMILES string of the molecule is Cl.NCC1(C(=O)Nc2nc(-c3ccc(Br)cc3)cs2)CCOCC1. The van der Waals surface area contributed by atoms with Crippen molar-refractivity contribution in [3.63, 3.8) is 0 Å². The number of aromatic nitrogens is 1. The monoisotopic (exact) mass is 431 g/mol. The molecule has 0 spiro atoms. The molecule has 8 heteroatoms. The number of halogens is 2. The number of carbonyl (C=O) groups excluding carboxylic acids is 1. The third kappa shape index (κ3) is 4.15. The molecule has 24 heavy (non-hydrogen) atoms. The molecule has 1 amide bonds. The van der Waals surface area contributed by atoms with Gasteiger partial charge in [0.1, 0.15) is 0 Å². The number of benzene rings is 1. The summed E-state index contributed by atoms with van der Waals surface area (Å²) in [6.45, 7) is 1.48. The zero-order chi connectivity index (χ0) is 16.3. The molecule has 0 atom stereocenters. The molecular weight excluding hydrogens is 414 g/mol. The average molecular weight is 433 g/mol. The van der Waals surface area contributed by atoms with Gasteiger partial charge in [-0.3, -0.25) is 4.79 Å². The summed E-state index contributed by atoms with van der Waals surface area (Å²) in [5.41, 5.74) is 7.20. The van der Waals surface area contributed by atoms with Gasteiger partial charge in [-0.2, -0.15) is 0 Å². The van der Waals surface area contributed by atoms with Crippen molar-refractivity contribution in [3.8, 4) is 11.3 Å². The van der Waals surface area contributed by atoms with Crippen LogP contribution in [-0.4, -0.2) is 30.6 Å². The van der Waals surface area contributed by atoms with Gasteiger partial charge >= 0.3 is 0 Å². The van der Waals surface area contributed by atoms with Crippen LogP contribution in [-0.2, 0) is 9.53 Å². The highest BCUT2D eigenvalue weighted by molar-refractivity contribution is 9.10. The van der Waals surface area contributed by atoms with Gasteiger partial charge in [-0.1, -0.05) is 28.1 Å². The lowest BCUT2D eigenvalue weighted by molar-refractivity contribution is -0.130. The van der Waals surface area contributed by atoms with Gasteiger partial charge in [0.15, 0.2) is 5.13 Å². The molecule has 1 aromatic heterocycles. The summed E-state index contributed by atoms with van der Waals surface area (Å²) in [5.74, 6) is -0.0555. The second-order valence-electron chi connectivity index (χ2n) is 5.60. The highest BCUT2D eigenvalue weighted by atomic mass is 79.9. The van der Waals surface area contributed by atoms with Gasteiger partial charge in [0.25, 0.3) is 0 Å². The molecule has 1 aromatic carbocycles. The van der Waals surface area contributed by atoms with E-state index in [1.165, 1.54) is 11.3 Å². The van der Waals surface area contributed by atoms with Crippen LogP contribution >= 0.6 is 39.7 Å². The number of anilines is 1. The van der Waals surface area contributed by atoms with Gasteiger partial charge in [-0.15, -0.1) is 23.7 Å². The Morgan fingerprint density at radius 1 is 1.33 bits per heavy atom. The smallest absolute Gasteiger partial charge is 0.233 e. The molecule has 130 valence electrons. The molecular formula is C16H19BrClN3O2S. The fourth-order valence-corrected chi connectivity index (χ4v) is 3.58. The van der Waals surface area contributed by atoms with Crippen molar-refractivity contribution in [2.24, 2.45) is 11.1 Å². The molecule has 0 unspecified atom stereocenters. The van der Waals surface area contributed by atoms with Crippen LogP contribution in [0.1, 0.15) is 12.8 Å². The summed E-state index contributed by atoms with van der Waals surface area (Å²) in [5, 5.41) is 5.47. The topological polar surface area (TPSA) is 77.2 Å². The van der Waals surface area contributed by atoms with Crippen molar-refractivity contribution in [2.45, 2.75) is 12.8 Å². The molecule has 0 bridgehead atoms. The van der Waals surface area contributed by atoms with Gasteiger partial charge in [0.05, 0.1) is 11.1 Å². The first kappa shape index (κ1) is 19.3. The normalized spacial score (nSPS) is 16.2. The number of thiazole rings is 1. The number of carbonyl (C=O) groups is 1. The van der Waals surface area contributed by atoms with E-state index in [-0.39, 0.29) is 18.3 Å². The Hall–Kier alpha value is -0.990. The molecule has 3 rings (SSSR count). The third-order valence-electron chi connectivity index (χ3n) is 4.19. The Morgan fingerprint density at radius 3 is 2.62 bits per heavy atom. The molecule has 1 saturated heterocycles. The van der Waals surface area contributed by atoms with Crippen molar-refractivity contribution in [3.05, 3.63) is 34.1 Å². The predicted molar refractivity (Wildman–Crippen MR) is 103 cm³/mol. The minimum Gasteiger partial charge on any atom is -0.381 e. The van der Waals surface area contributed by atoms with E-state index in [0.717, 1.165) is 15.7 Å². The van der Waals surface area contributed by atoms with Crippen LogP contribution in [0.4, 0.5) is 5.13 Å². The molecule has 5 nitrogen and oxygen atoms in total. The molecule has 0 saturated carbocycles. The summed E-state index contributed by atoms with van der Waals surface area (Å²) in [6, 6.07) is 7.92. The quantitative estimate of drug-likeness (QED) is 0.772. The van der Waals surface area contributed by atoms with Crippen molar-refractivity contribution in [1.82, 2.24) is 4.98 Å². The van der Waals surface area contributed by atoms with Gasteiger partial charge in [-0.05, 0) is 25.0 Å². The summed E-state index contributed by atoms with van der Waals surface area (Å²) in [6.07, 6.45) is 1.31. The lowest BCUT2D eigenvalue weighted by Crippen LogP contribution is -2.46. The van der Waals surface area contributed by atoms with E-state index in [4.69, 9.17) is 10.5 Å².